The lowest BCUT2D eigenvalue weighted by Crippen LogP contribution is -2.48. The minimum atomic E-state index is -1.88. The molecule has 0 saturated heterocycles. The Morgan fingerprint density at radius 1 is 0.481 bits per heavy atom. The Hall–Kier alpha value is 0.274. The van der Waals surface area contributed by atoms with E-state index in [1.165, 1.54) is 83.5 Å². The van der Waals surface area contributed by atoms with E-state index in [9.17, 15) is 0 Å². The van der Waals surface area contributed by atoms with Gasteiger partial charge in [-0.2, -0.15) is 0 Å². The van der Waals surface area contributed by atoms with E-state index < -0.39 is 17.1 Å². The van der Waals surface area contributed by atoms with Gasteiger partial charge in [0.25, 0.3) is 0 Å². The Labute approximate surface area is 170 Å². The molecule has 3 saturated carbocycles. The summed E-state index contributed by atoms with van der Waals surface area (Å²) in [5.41, 5.74) is 2.27. The van der Waals surface area contributed by atoms with Crippen molar-refractivity contribution in [3.63, 3.8) is 0 Å². The van der Waals surface area contributed by atoms with Crippen molar-refractivity contribution in [3.05, 3.63) is 0 Å². The van der Waals surface area contributed by atoms with Crippen LogP contribution in [0, 0.1) is 0 Å². The van der Waals surface area contributed by atoms with Crippen LogP contribution in [0.3, 0.4) is 0 Å². The van der Waals surface area contributed by atoms with Crippen LogP contribution in [-0.2, 0) is 17.7 Å². The average Bonchev–Trinajstić information content (AvgIpc) is 3.45. The van der Waals surface area contributed by atoms with Crippen molar-refractivity contribution < 1.29 is 17.7 Å². The number of hydrogen-bond donors (Lipinski definition) is 0. The van der Waals surface area contributed by atoms with Gasteiger partial charge in [-0.1, -0.05) is 44.9 Å². The van der Waals surface area contributed by atoms with Gasteiger partial charge in [0.2, 0.25) is 0 Å². The van der Waals surface area contributed by atoms with Gasteiger partial charge in [0.1, 0.15) is 0 Å². The smallest absolute Gasteiger partial charge is 0.344 e. The van der Waals surface area contributed by atoms with E-state index in [0.29, 0.717) is 0 Å². The first-order chi connectivity index (χ1) is 13.1. The molecule has 0 spiro atoms. The number of rotatable bonds is 7. The summed E-state index contributed by atoms with van der Waals surface area (Å²) >= 11 is 0. The molecule has 27 heavy (non-hydrogen) atoms. The number of hydrogen-bond acceptors (Lipinski definition) is 4. The van der Waals surface area contributed by atoms with Gasteiger partial charge >= 0.3 is 17.1 Å². The quantitative estimate of drug-likeness (QED) is 0.457. The third kappa shape index (κ3) is 5.67. The van der Waals surface area contributed by atoms with E-state index >= 15 is 0 Å². The summed E-state index contributed by atoms with van der Waals surface area (Å²) in [5.74, 6) is 0. The second-order valence-corrected chi connectivity index (χ2v) is 16.4. The summed E-state index contributed by atoms with van der Waals surface area (Å²) in [6, 6.07) is 0. The fourth-order valence-corrected chi connectivity index (χ4v) is 12.7. The maximum Gasteiger partial charge on any atom is 0.344 e. The van der Waals surface area contributed by atoms with E-state index in [1.54, 1.807) is 14.2 Å². The normalized spacial score (nSPS) is 23.4. The molecule has 0 atom stereocenters. The van der Waals surface area contributed by atoms with Crippen molar-refractivity contribution in [1.29, 1.82) is 0 Å². The molecule has 3 rings (SSSR count). The third-order valence-electron chi connectivity index (χ3n) is 7.64. The highest BCUT2D eigenvalue weighted by molar-refractivity contribution is 6.70. The molecular weight excluding hydrogens is 372 g/mol. The van der Waals surface area contributed by atoms with Crippen molar-refractivity contribution in [3.8, 4) is 0 Å². The lowest BCUT2D eigenvalue weighted by molar-refractivity contribution is 0.214. The first kappa shape index (κ1) is 23.6. The summed E-state index contributed by atoms with van der Waals surface area (Å²) in [4.78, 5) is 0. The molecule has 6 heteroatoms. The highest BCUT2D eigenvalue weighted by Crippen LogP contribution is 2.50. The van der Waals surface area contributed by atoms with Crippen LogP contribution in [0.1, 0.15) is 83.5 Å². The fourth-order valence-electron chi connectivity index (χ4n) is 5.78. The molecule has 0 radical (unpaired) electrons. The molecule has 0 bridgehead atoms. The molecule has 0 N–H and O–H groups in total. The van der Waals surface area contributed by atoms with Crippen LogP contribution in [0.4, 0.5) is 0 Å². The molecular formula is C21H44O4Si2. The lowest BCUT2D eigenvalue weighted by Gasteiger charge is -2.37. The van der Waals surface area contributed by atoms with Crippen molar-refractivity contribution in [2.75, 3.05) is 28.4 Å². The van der Waals surface area contributed by atoms with E-state index in [0.717, 1.165) is 16.6 Å². The summed E-state index contributed by atoms with van der Waals surface area (Å²) < 4.78 is 23.0. The van der Waals surface area contributed by atoms with Crippen molar-refractivity contribution in [1.82, 2.24) is 0 Å². The van der Waals surface area contributed by atoms with Crippen molar-refractivity contribution in [2.24, 2.45) is 0 Å². The summed E-state index contributed by atoms with van der Waals surface area (Å²) in [6.45, 7) is 2.18. The summed E-state index contributed by atoms with van der Waals surface area (Å²) in [6.07, 6.45) is 17.7. The molecule has 3 aliphatic rings. The Morgan fingerprint density at radius 2 is 0.815 bits per heavy atom. The lowest BCUT2D eigenvalue weighted by atomic mass is 10.0. The van der Waals surface area contributed by atoms with Crippen LogP contribution in [-0.4, -0.2) is 45.6 Å². The minimum absolute atomic E-state index is 0.723. The second-order valence-electron chi connectivity index (χ2n) is 8.85. The third-order valence-corrected chi connectivity index (χ3v) is 16.0. The highest BCUT2D eigenvalue weighted by Gasteiger charge is 2.52. The standard InChI is InChI=1S/C12H24O2Si.C9H20O2Si/c1-13-15(14-2,11-7-3-4-8-11)12-9-5-6-10-12;1-10-12(3,11-2)9-7-5-4-6-8-9/h11-12H,3-10H2,1-2H3;9H,4-8H2,1-3H3. The first-order valence-electron chi connectivity index (χ1n) is 11.3. The van der Waals surface area contributed by atoms with Gasteiger partial charge in [-0.3, -0.25) is 0 Å². The zero-order chi connectivity index (χ0) is 19.8. The summed E-state index contributed by atoms with van der Waals surface area (Å²) in [7, 11) is 3.71. The zero-order valence-electron chi connectivity index (χ0n) is 18.6. The fraction of sp³-hybridized carbons (Fsp3) is 1.00. The zero-order valence-corrected chi connectivity index (χ0v) is 20.6. The topological polar surface area (TPSA) is 36.9 Å². The van der Waals surface area contributed by atoms with Gasteiger partial charge in [-0.15, -0.1) is 0 Å². The maximum absolute atomic E-state index is 5.97. The molecule has 0 unspecified atom stereocenters. The molecule has 3 fully saturated rings. The molecule has 0 heterocycles. The van der Waals surface area contributed by atoms with Gasteiger partial charge in [0.05, 0.1) is 0 Å². The average molecular weight is 417 g/mol. The first-order valence-corrected chi connectivity index (χ1v) is 15.6. The van der Waals surface area contributed by atoms with Crippen LogP contribution >= 0.6 is 0 Å². The van der Waals surface area contributed by atoms with E-state index in [2.05, 4.69) is 6.55 Å². The molecule has 0 aromatic rings. The van der Waals surface area contributed by atoms with Crippen LogP contribution in [0.5, 0.6) is 0 Å². The molecule has 160 valence electrons. The molecule has 0 aliphatic heterocycles. The predicted molar refractivity (Wildman–Crippen MR) is 117 cm³/mol. The van der Waals surface area contributed by atoms with Gasteiger partial charge < -0.3 is 17.7 Å². The van der Waals surface area contributed by atoms with Gasteiger partial charge in [0.15, 0.2) is 0 Å². The minimum Gasteiger partial charge on any atom is -0.398 e. The Morgan fingerprint density at radius 3 is 1.15 bits per heavy atom. The summed E-state index contributed by atoms with van der Waals surface area (Å²) in [5, 5.41) is 0. The van der Waals surface area contributed by atoms with E-state index in [-0.39, 0.29) is 0 Å². The van der Waals surface area contributed by atoms with E-state index in [1.807, 2.05) is 14.2 Å². The molecule has 3 aliphatic carbocycles. The molecule has 4 nitrogen and oxygen atoms in total. The monoisotopic (exact) mass is 416 g/mol. The largest absolute Gasteiger partial charge is 0.398 e. The molecule has 0 amide bonds. The van der Waals surface area contributed by atoms with Crippen LogP contribution in [0.15, 0.2) is 0 Å². The Kier molecular flexibility index (Phi) is 9.99. The van der Waals surface area contributed by atoms with Gasteiger partial charge in [-0.05, 0) is 45.1 Å². The molecule has 0 aromatic carbocycles. The second kappa shape index (κ2) is 11.5. The van der Waals surface area contributed by atoms with Crippen LogP contribution < -0.4 is 0 Å². The van der Waals surface area contributed by atoms with Crippen LogP contribution in [0.2, 0.25) is 23.2 Å². The SMILES string of the molecule is CO[Si](C)(OC)C1CCCCC1.CO[Si](OC)(C1CCCC1)C1CCCC1. The Balaban J connectivity index is 0.000000199. The molecule has 0 aromatic heterocycles. The predicted octanol–water partition coefficient (Wildman–Crippen LogP) is 6.30. The van der Waals surface area contributed by atoms with Crippen molar-refractivity contribution in [2.45, 2.75) is 107 Å². The van der Waals surface area contributed by atoms with Gasteiger partial charge in [0, 0.05) is 45.1 Å². The van der Waals surface area contributed by atoms with Gasteiger partial charge in [-0.25, -0.2) is 0 Å². The Bertz CT molecular complexity index is 377. The maximum atomic E-state index is 5.97. The van der Waals surface area contributed by atoms with Crippen LogP contribution in [0.25, 0.3) is 0 Å². The highest BCUT2D eigenvalue weighted by atomic mass is 28.4. The van der Waals surface area contributed by atoms with E-state index in [4.69, 9.17) is 17.7 Å². The van der Waals surface area contributed by atoms with Crippen molar-refractivity contribution >= 4 is 17.1 Å².